The second kappa shape index (κ2) is 17.2. The van der Waals surface area contributed by atoms with Crippen molar-refractivity contribution < 1.29 is 0 Å². The lowest BCUT2D eigenvalue weighted by atomic mass is 9.98. The van der Waals surface area contributed by atoms with E-state index in [-0.39, 0.29) is 0 Å². The van der Waals surface area contributed by atoms with E-state index in [0.29, 0.717) is 0 Å². The SMILES string of the molecule is c1ccc(-c2ccc3c(c2)c2cc(-c4ccc5c(c4)c4cc(-c6ccccc6)ccc4n5-c4cc5ccccc5c5ccccc45)ccc2n3-c2ccc3c(c2)c2cc(-c4ccccc4)ccc2n3-c2ccccc2)cc1. The van der Waals surface area contributed by atoms with Crippen LogP contribution in [0.4, 0.5) is 0 Å². The van der Waals surface area contributed by atoms with Gasteiger partial charge in [-0.25, -0.2) is 0 Å². The molecule has 0 bridgehead atoms. The second-order valence-corrected chi connectivity index (χ2v) is 20.5. The Morgan fingerprint density at radius 3 is 0.948 bits per heavy atom. The predicted molar refractivity (Wildman–Crippen MR) is 326 cm³/mol. The summed E-state index contributed by atoms with van der Waals surface area (Å²) < 4.78 is 7.38. The van der Waals surface area contributed by atoms with Crippen LogP contribution in [0.15, 0.2) is 285 Å². The summed E-state index contributed by atoms with van der Waals surface area (Å²) in [7, 11) is 0. The minimum atomic E-state index is 1.12. The van der Waals surface area contributed by atoms with Gasteiger partial charge >= 0.3 is 0 Å². The van der Waals surface area contributed by atoms with E-state index in [1.165, 1.54) is 137 Å². The number of hydrogen-bond acceptors (Lipinski definition) is 0. The molecule has 0 unspecified atom stereocenters. The van der Waals surface area contributed by atoms with E-state index >= 15 is 0 Å². The number of aromatic nitrogens is 3. The molecule has 16 aromatic rings. The largest absolute Gasteiger partial charge is 0.309 e. The number of para-hydroxylation sites is 1. The minimum Gasteiger partial charge on any atom is -0.309 e. The first-order valence-electron chi connectivity index (χ1n) is 26.6. The third kappa shape index (κ3) is 6.84. The van der Waals surface area contributed by atoms with Gasteiger partial charge in [0, 0.05) is 49.1 Å². The van der Waals surface area contributed by atoms with Crippen molar-refractivity contribution in [3.63, 3.8) is 0 Å². The molecule has 3 nitrogen and oxygen atoms in total. The van der Waals surface area contributed by atoms with E-state index in [0.717, 1.165) is 11.4 Å². The van der Waals surface area contributed by atoms with E-state index in [1.807, 2.05) is 0 Å². The van der Waals surface area contributed by atoms with E-state index in [9.17, 15) is 0 Å². The Labute approximate surface area is 445 Å². The van der Waals surface area contributed by atoms with Crippen LogP contribution < -0.4 is 0 Å². The van der Waals surface area contributed by atoms with Gasteiger partial charge in [0.05, 0.1) is 38.8 Å². The first-order valence-corrected chi connectivity index (χ1v) is 26.6. The molecule has 0 radical (unpaired) electrons. The van der Waals surface area contributed by atoms with E-state index < -0.39 is 0 Å². The summed E-state index contributed by atoms with van der Waals surface area (Å²) in [6.45, 7) is 0. The smallest absolute Gasteiger partial charge is 0.0546 e. The van der Waals surface area contributed by atoms with Gasteiger partial charge in [-0.2, -0.15) is 0 Å². The third-order valence-corrected chi connectivity index (χ3v) is 16.2. The molecule has 0 aliphatic rings. The lowest BCUT2D eigenvalue weighted by Gasteiger charge is -2.14. The molecule has 0 aliphatic heterocycles. The van der Waals surface area contributed by atoms with Gasteiger partial charge in [-0.15, -0.1) is 0 Å². The zero-order valence-electron chi connectivity index (χ0n) is 42.0. The zero-order valence-corrected chi connectivity index (χ0v) is 42.0. The van der Waals surface area contributed by atoms with Gasteiger partial charge in [0.2, 0.25) is 0 Å². The molecule has 0 saturated carbocycles. The summed E-state index contributed by atoms with van der Waals surface area (Å²) in [6.07, 6.45) is 0. The van der Waals surface area contributed by atoms with Crippen LogP contribution in [0, 0.1) is 0 Å². The lowest BCUT2D eigenvalue weighted by Crippen LogP contribution is -1.96. The summed E-state index contributed by atoms with van der Waals surface area (Å²) >= 11 is 0. The molecule has 16 rings (SSSR count). The van der Waals surface area contributed by atoms with Crippen LogP contribution in [0.25, 0.3) is 149 Å². The summed E-state index contributed by atoms with van der Waals surface area (Å²) in [4.78, 5) is 0. The number of benzene rings is 13. The van der Waals surface area contributed by atoms with Gasteiger partial charge < -0.3 is 13.7 Å². The van der Waals surface area contributed by atoms with Crippen molar-refractivity contribution in [1.82, 2.24) is 13.7 Å². The molecule has 0 fully saturated rings. The number of hydrogen-bond donors (Lipinski definition) is 0. The molecule has 0 aliphatic carbocycles. The van der Waals surface area contributed by atoms with Gasteiger partial charge in [0.15, 0.2) is 0 Å². The van der Waals surface area contributed by atoms with Crippen LogP contribution in [0.2, 0.25) is 0 Å². The van der Waals surface area contributed by atoms with E-state index in [1.54, 1.807) is 0 Å². The third-order valence-electron chi connectivity index (χ3n) is 16.2. The summed E-state index contributed by atoms with van der Waals surface area (Å²) in [6, 6.07) is 105. The molecule has 0 saturated heterocycles. The average Bonchev–Trinajstić information content (AvgIpc) is 4.14. The topological polar surface area (TPSA) is 14.8 Å². The molecule has 0 amide bonds. The molecule has 358 valence electrons. The summed E-state index contributed by atoms with van der Waals surface area (Å²) in [5.74, 6) is 0. The fourth-order valence-corrected chi connectivity index (χ4v) is 12.6. The van der Waals surface area contributed by atoms with Crippen LogP contribution in [-0.4, -0.2) is 13.7 Å². The molecule has 3 heterocycles. The highest BCUT2D eigenvalue weighted by atomic mass is 15.0. The van der Waals surface area contributed by atoms with Gasteiger partial charge in [-0.05, 0) is 158 Å². The van der Waals surface area contributed by atoms with Gasteiger partial charge in [-0.1, -0.05) is 188 Å². The monoisotopic (exact) mass is 977 g/mol. The Kier molecular flexibility index (Phi) is 9.64. The highest BCUT2D eigenvalue weighted by Crippen LogP contribution is 2.44. The maximum absolute atomic E-state index is 2.50. The lowest BCUT2D eigenvalue weighted by molar-refractivity contribution is 1.17. The van der Waals surface area contributed by atoms with Crippen LogP contribution in [0.3, 0.4) is 0 Å². The minimum absolute atomic E-state index is 1.12. The number of fused-ring (bicyclic) bond motifs is 12. The van der Waals surface area contributed by atoms with Crippen molar-refractivity contribution >= 4 is 87.0 Å². The predicted octanol–water partition coefficient (Wildman–Crippen LogP) is 20.0. The van der Waals surface area contributed by atoms with Crippen LogP contribution >= 0.6 is 0 Å². The van der Waals surface area contributed by atoms with Crippen LogP contribution in [0.1, 0.15) is 0 Å². The number of rotatable bonds is 7. The highest BCUT2D eigenvalue weighted by Gasteiger charge is 2.21. The van der Waals surface area contributed by atoms with Crippen molar-refractivity contribution in [2.45, 2.75) is 0 Å². The average molecular weight is 978 g/mol. The fourth-order valence-electron chi connectivity index (χ4n) is 12.6. The Morgan fingerprint density at radius 1 is 0.169 bits per heavy atom. The Bertz CT molecular complexity index is 5000. The molecular weight excluding hydrogens is 931 g/mol. The summed E-state index contributed by atoms with van der Waals surface area (Å²) in [5.41, 5.74) is 20.1. The van der Waals surface area contributed by atoms with Crippen molar-refractivity contribution in [2.24, 2.45) is 0 Å². The molecule has 0 N–H and O–H groups in total. The van der Waals surface area contributed by atoms with Crippen molar-refractivity contribution in [3.05, 3.63) is 285 Å². The molecule has 0 spiro atoms. The van der Waals surface area contributed by atoms with Crippen molar-refractivity contribution in [2.75, 3.05) is 0 Å². The van der Waals surface area contributed by atoms with E-state index in [4.69, 9.17) is 0 Å². The molecular formula is C74H47N3. The Hall–Kier alpha value is -10.2. The maximum atomic E-state index is 2.50. The second-order valence-electron chi connectivity index (χ2n) is 20.5. The normalized spacial score (nSPS) is 11.9. The maximum Gasteiger partial charge on any atom is 0.0546 e. The molecule has 13 aromatic carbocycles. The summed E-state index contributed by atoms with van der Waals surface area (Å²) in [5, 5.41) is 12.3. The van der Waals surface area contributed by atoms with Crippen molar-refractivity contribution in [1.29, 1.82) is 0 Å². The zero-order chi connectivity index (χ0) is 50.6. The van der Waals surface area contributed by atoms with Gasteiger partial charge in [-0.3, -0.25) is 0 Å². The van der Waals surface area contributed by atoms with Gasteiger partial charge in [0.25, 0.3) is 0 Å². The molecule has 77 heavy (non-hydrogen) atoms. The van der Waals surface area contributed by atoms with Crippen LogP contribution in [0.5, 0.6) is 0 Å². The Balaban J connectivity index is 0.918. The van der Waals surface area contributed by atoms with Gasteiger partial charge in [0.1, 0.15) is 0 Å². The Morgan fingerprint density at radius 2 is 0.494 bits per heavy atom. The first-order chi connectivity index (χ1) is 38.2. The fraction of sp³-hybridized carbons (Fsp3) is 0. The quantitative estimate of drug-likeness (QED) is 0.141. The van der Waals surface area contributed by atoms with Crippen LogP contribution in [-0.2, 0) is 0 Å². The molecule has 3 aromatic heterocycles. The molecule has 3 heteroatoms. The van der Waals surface area contributed by atoms with E-state index in [2.05, 4.69) is 299 Å². The highest BCUT2D eigenvalue weighted by molar-refractivity contribution is 6.18. The standard InChI is InChI=1S/C74H47N3/c1-5-17-48(18-6-1)51-30-36-69-62(41-51)63-44-54(32-37-70(63)76(69)58-34-40-71-67(47-58)66-43-52(49-19-7-2-8-20-49)29-35-68(66)75(71)57-24-11-4-12-25-57)55-33-39-73-65(45-55)64-42-53(50-21-9-3-10-22-50)31-38-72(64)77(73)74-46-56-23-13-14-26-59(56)60-27-15-16-28-61(60)74/h1-47H. The number of nitrogens with zero attached hydrogens (tertiary/aromatic N) is 3. The van der Waals surface area contributed by atoms with Crippen molar-refractivity contribution in [3.8, 4) is 61.6 Å². The first kappa shape index (κ1) is 43.2. The molecule has 0 atom stereocenters.